The predicted octanol–water partition coefficient (Wildman–Crippen LogP) is 3.11. The molecule has 0 radical (unpaired) electrons. The molecule has 7 heteroatoms. The molecular weight excluding hydrogens is 366 g/mol. The highest BCUT2D eigenvalue weighted by atomic mass is 35.5. The van der Waals surface area contributed by atoms with E-state index >= 15 is 0 Å². The summed E-state index contributed by atoms with van der Waals surface area (Å²) in [6.07, 6.45) is 1.15. The zero-order valence-electron chi connectivity index (χ0n) is 16.8. The third-order valence-electron chi connectivity index (χ3n) is 5.03. The number of benzene rings is 1. The second kappa shape index (κ2) is 9.42. The Hall–Kier alpha value is -1.79. The van der Waals surface area contributed by atoms with Crippen molar-refractivity contribution in [2.45, 2.75) is 33.2 Å². The molecular formula is C20H30ClN3O3. The van der Waals surface area contributed by atoms with Crippen molar-refractivity contribution in [3.63, 3.8) is 0 Å². The van der Waals surface area contributed by atoms with E-state index in [1.165, 1.54) is 7.11 Å². The van der Waals surface area contributed by atoms with E-state index in [0.29, 0.717) is 28.3 Å². The maximum atomic E-state index is 12.8. The van der Waals surface area contributed by atoms with E-state index in [2.05, 4.69) is 19.2 Å². The van der Waals surface area contributed by atoms with Gasteiger partial charge in [0.2, 0.25) is 11.8 Å². The highest BCUT2D eigenvalue weighted by Gasteiger charge is 2.30. The van der Waals surface area contributed by atoms with Crippen molar-refractivity contribution in [1.82, 2.24) is 9.80 Å². The predicted molar refractivity (Wildman–Crippen MR) is 108 cm³/mol. The summed E-state index contributed by atoms with van der Waals surface area (Å²) < 4.78 is 5.24. The minimum atomic E-state index is -0.366. The Labute approximate surface area is 166 Å². The second-order valence-electron chi connectivity index (χ2n) is 7.67. The van der Waals surface area contributed by atoms with E-state index in [0.717, 1.165) is 19.5 Å². The van der Waals surface area contributed by atoms with Gasteiger partial charge in [-0.1, -0.05) is 25.4 Å². The Bertz CT molecular complexity index is 672. The van der Waals surface area contributed by atoms with Crippen LogP contribution in [-0.2, 0) is 9.59 Å². The molecule has 1 aromatic rings. The topological polar surface area (TPSA) is 61.9 Å². The molecule has 27 heavy (non-hydrogen) atoms. The summed E-state index contributed by atoms with van der Waals surface area (Å²) in [5.74, 6) is 1.40. The van der Waals surface area contributed by atoms with Gasteiger partial charge in [-0.25, -0.2) is 0 Å². The molecule has 6 nitrogen and oxygen atoms in total. The normalized spacial score (nSPS) is 21.1. The number of carbonyl (C=O) groups excluding carboxylic acids is 2. The molecule has 2 rings (SSSR count). The van der Waals surface area contributed by atoms with E-state index in [1.54, 1.807) is 30.1 Å². The Morgan fingerprint density at radius 2 is 1.96 bits per heavy atom. The molecule has 150 valence electrons. The summed E-state index contributed by atoms with van der Waals surface area (Å²) in [4.78, 5) is 29.0. The quantitative estimate of drug-likeness (QED) is 0.803. The summed E-state index contributed by atoms with van der Waals surface area (Å²) in [5, 5.41) is 3.32. The third kappa shape index (κ3) is 5.84. The van der Waals surface area contributed by atoms with Crippen LogP contribution in [-0.4, -0.2) is 61.4 Å². The standard InChI is InChI=1S/C20H30ClN3O3/c1-13-8-14(2)11-24(10-13)20(26)15(3)23(4)12-19(25)22-17-9-16(21)6-7-18(17)27-5/h6-7,9,13-15H,8,10-12H2,1-5H3,(H,22,25)/t13-,14+,15-/m1/s1. The summed E-state index contributed by atoms with van der Waals surface area (Å²) >= 11 is 6.00. The van der Waals surface area contributed by atoms with Crippen LogP contribution in [0, 0.1) is 11.8 Å². The molecule has 0 aliphatic carbocycles. The van der Waals surface area contributed by atoms with Gasteiger partial charge in [0.1, 0.15) is 5.75 Å². The van der Waals surface area contributed by atoms with E-state index in [4.69, 9.17) is 16.3 Å². The number of nitrogens with zero attached hydrogens (tertiary/aromatic N) is 2. The van der Waals surface area contributed by atoms with Gasteiger partial charge in [-0.15, -0.1) is 0 Å². The summed E-state index contributed by atoms with van der Waals surface area (Å²) in [5.41, 5.74) is 0.515. The lowest BCUT2D eigenvalue weighted by atomic mass is 9.91. The fraction of sp³-hybridized carbons (Fsp3) is 0.600. The minimum Gasteiger partial charge on any atom is -0.495 e. The summed E-state index contributed by atoms with van der Waals surface area (Å²) in [7, 11) is 3.32. The van der Waals surface area contributed by atoms with Crippen LogP contribution < -0.4 is 10.1 Å². The molecule has 0 saturated carbocycles. The van der Waals surface area contributed by atoms with Crippen molar-refractivity contribution >= 4 is 29.1 Å². The van der Waals surface area contributed by atoms with Crippen LogP contribution in [0.5, 0.6) is 5.75 Å². The zero-order chi connectivity index (χ0) is 20.1. The highest BCUT2D eigenvalue weighted by molar-refractivity contribution is 6.31. The Kier molecular flexibility index (Phi) is 7.50. The monoisotopic (exact) mass is 395 g/mol. The van der Waals surface area contributed by atoms with Crippen LogP contribution in [0.25, 0.3) is 0 Å². The van der Waals surface area contributed by atoms with Crippen LogP contribution in [0.1, 0.15) is 27.2 Å². The molecule has 0 spiro atoms. The fourth-order valence-electron chi connectivity index (χ4n) is 3.63. The molecule has 1 N–H and O–H groups in total. The Balaban J connectivity index is 1.95. The van der Waals surface area contributed by atoms with Crippen LogP contribution in [0.2, 0.25) is 5.02 Å². The Morgan fingerprint density at radius 3 is 2.56 bits per heavy atom. The van der Waals surface area contributed by atoms with E-state index in [1.807, 2.05) is 11.8 Å². The molecule has 1 aromatic carbocycles. The molecule has 1 aliphatic heterocycles. The number of amides is 2. The number of hydrogen-bond donors (Lipinski definition) is 1. The minimum absolute atomic E-state index is 0.0732. The largest absolute Gasteiger partial charge is 0.495 e. The van der Waals surface area contributed by atoms with Crippen molar-refractivity contribution in [2.75, 3.05) is 39.1 Å². The smallest absolute Gasteiger partial charge is 0.239 e. The number of carbonyl (C=O) groups is 2. The first-order valence-corrected chi connectivity index (χ1v) is 9.71. The number of likely N-dealkylation sites (N-methyl/N-ethyl adjacent to an activating group) is 1. The maximum Gasteiger partial charge on any atom is 0.239 e. The number of rotatable bonds is 6. The lowest BCUT2D eigenvalue weighted by Gasteiger charge is -2.38. The number of halogens is 1. The highest BCUT2D eigenvalue weighted by Crippen LogP contribution is 2.27. The van der Waals surface area contributed by atoms with Crippen LogP contribution in [0.4, 0.5) is 5.69 Å². The molecule has 0 aromatic heterocycles. The van der Waals surface area contributed by atoms with E-state index in [-0.39, 0.29) is 24.4 Å². The van der Waals surface area contributed by atoms with Gasteiger partial charge in [0.05, 0.1) is 25.4 Å². The van der Waals surface area contributed by atoms with E-state index in [9.17, 15) is 9.59 Å². The zero-order valence-corrected chi connectivity index (χ0v) is 17.5. The molecule has 1 aliphatic rings. The van der Waals surface area contributed by atoms with Crippen molar-refractivity contribution in [1.29, 1.82) is 0 Å². The molecule has 2 amide bonds. The van der Waals surface area contributed by atoms with Crippen LogP contribution >= 0.6 is 11.6 Å². The van der Waals surface area contributed by atoms with Gasteiger partial charge in [0.15, 0.2) is 0 Å². The van der Waals surface area contributed by atoms with Crippen molar-refractivity contribution in [2.24, 2.45) is 11.8 Å². The third-order valence-corrected chi connectivity index (χ3v) is 5.26. The summed E-state index contributed by atoms with van der Waals surface area (Å²) in [6, 6.07) is 4.67. The lowest BCUT2D eigenvalue weighted by molar-refractivity contribution is -0.139. The van der Waals surface area contributed by atoms with Gasteiger partial charge in [0, 0.05) is 18.1 Å². The van der Waals surface area contributed by atoms with E-state index < -0.39 is 0 Å². The number of anilines is 1. The van der Waals surface area contributed by atoms with Gasteiger partial charge < -0.3 is 15.0 Å². The second-order valence-corrected chi connectivity index (χ2v) is 8.11. The first-order valence-electron chi connectivity index (χ1n) is 9.33. The van der Waals surface area contributed by atoms with Gasteiger partial charge in [-0.3, -0.25) is 14.5 Å². The molecule has 1 heterocycles. The number of methoxy groups -OCH3 is 1. The fourth-order valence-corrected chi connectivity index (χ4v) is 3.80. The van der Waals surface area contributed by atoms with Crippen LogP contribution in [0.3, 0.4) is 0 Å². The van der Waals surface area contributed by atoms with Gasteiger partial charge in [0.25, 0.3) is 0 Å². The molecule has 3 atom stereocenters. The number of hydrogen-bond acceptors (Lipinski definition) is 4. The number of ether oxygens (including phenoxy) is 1. The first-order chi connectivity index (χ1) is 12.7. The number of piperidine rings is 1. The average Bonchev–Trinajstić information content (AvgIpc) is 2.59. The van der Waals surface area contributed by atoms with Crippen molar-refractivity contribution in [3.05, 3.63) is 23.2 Å². The Morgan fingerprint density at radius 1 is 1.33 bits per heavy atom. The first kappa shape index (κ1) is 21.5. The molecule has 0 unspecified atom stereocenters. The number of nitrogens with one attached hydrogen (secondary N) is 1. The molecule has 1 saturated heterocycles. The maximum absolute atomic E-state index is 12.8. The lowest BCUT2D eigenvalue weighted by Crippen LogP contribution is -2.51. The summed E-state index contributed by atoms with van der Waals surface area (Å²) in [6.45, 7) is 7.87. The number of likely N-dealkylation sites (tertiary alicyclic amines) is 1. The van der Waals surface area contributed by atoms with Gasteiger partial charge >= 0.3 is 0 Å². The average molecular weight is 396 g/mol. The SMILES string of the molecule is COc1ccc(Cl)cc1NC(=O)CN(C)[C@H](C)C(=O)N1C[C@H](C)C[C@H](C)C1. The van der Waals surface area contributed by atoms with Gasteiger partial charge in [-0.05, 0) is 50.4 Å². The van der Waals surface area contributed by atoms with Crippen molar-refractivity contribution < 1.29 is 14.3 Å². The molecule has 0 bridgehead atoms. The van der Waals surface area contributed by atoms with Crippen LogP contribution in [0.15, 0.2) is 18.2 Å². The molecule has 1 fully saturated rings. The van der Waals surface area contributed by atoms with Gasteiger partial charge in [-0.2, -0.15) is 0 Å². The van der Waals surface area contributed by atoms with Crippen molar-refractivity contribution in [3.8, 4) is 5.75 Å².